The van der Waals surface area contributed by atoms with Crippen LogP contribution < -0.4 is 4.90 Å². The lowest BCUT2D eigenvalue weighted by Crippen LogP contribution is -2.21. The van der Waals surface area contributed by atoms with Crippen molar-refractivity contribution in [3.05, 3.63) is 59.9 Å². The van der Waals surface area contributed by atoms with Crippen LogP contribution in [0.5, 0.6) is 0 Å². The number of benzene rings is 1. The molecule has 3 nitrogen and oxygen atoms in total. The van der Waals surface area contributed by atoms with Gasteiger partial charge in [-0.2, -0.15) is 0 Å². The summed E-state index contributed by atoms with van der Waals surface area (Å²) in [5.74, 6) is 0.627. The van der Waals surface area contributed by atoms with Crippen LogP contribution in [0.25, 0.3) is 0 Å². The van der Waals surface area contributed by atoms with E-state index in [0.717, 1.165) is 25.4 Å². The van der Waals surface area contributed by atoms with E-state index in [1.165, 1.54) is 17.7 Å². The molecule has 110 valence electrons. The van der Waals surface area contributed by atoms with Gasteiger partial charge < -0.3 is 9.64 Å². The van der Waals surface area contributed by atoms with Gasteiger partial charge in [0.2, 0.25) is 0 Å². The van der Waals surface area contributed by atoms with Gasteiger partial charge in [0, 0.05) is 36.6 Å². The molecule has 3 rings (SSSR count). The van der Waals surface area contributed by atoms with Crippen LogP contribution >= 0.6 is 0 Å². The average molecular weight is 282 g/mol. The first kappa shape index (κ1) is 14.1. The zero-order valence-electron chi connectivity index (χ0n) is 12.5. The molecule has 21 heavy (non-hydrogen) atoms. The summed E-state index contributed by atoms with van der Waals surface area (Å²) in [6.45, 7) is 5.79. The van der Waals surface area contributed by atoms with E-state index in [0.29, 0.717) is 12.5 Å². The molecule has 1 unspecified atom stereocenters. The Morgan fingerprint density at radius 3 is 2.90 bits per heavy atom. The fourth-order valence-corrected chi connectivity index (χ4v) is 2.85. The summed E-state index contributed by atoms with van der Waals surface area (Å²) in [6.07, 6.45) is 3.10. The minimum atomic E-state index is 0.627. The van der Waals surface area contributed by atoms with Crippen molar-refractivity contribution in [2.75, 3.05) is 24.6 Å². The molecular weight excluding hydrogens is 260 g/mol. The summed E-state index contributed by atoms with van der Waals surface area (Å²) < 4.78 is 5.87. The molecule has 0 amide bonds. The van der Waals surface area contributed by atoms with E-state index in [1.807, 2.05) is 19.2 Å². The molecule has 0 bridgehead atoms. The highest BCUT2D eigenvalue weighted by Crippen LogP contribution is 2.24. The summed E-state index contributed by atoms with van der Waals surface area (Å²) in [4.78, 5) is 6.70. The van der Waals surface area contributed by atoms with Crippen molar-refractivity contribution in [2.24, 2.45) is 5.92 Å². The maximum atomic E-state index is 5.87. The topological polar surface area (TPSA) is 25.4 Å². The van der Waals surface area contributed by atoms with Crippen LogP contribution in [0.2, 0.25) is 0 Å². The second kappa shape index (κ2) is 6.72. The molecule has 0 radical (unpaired) electrons. The number of anilines is 1. The van der Waals surface area contributed by atoms with E-state index in [2.05, 4.69) is 46.3 Å². The molecule has 1 aromatic heterocycles. The van der Waals surface area contributed by atoms with E-state index < -0.39 is 0 Å². The fraction of sp³-hybridized carbons (Fsp3) is 0.389. The number of hydrogen-bond acceptors (Lipinski definition) is 3. The van der Waals surface area contributed by atoms with Gasteiger partial charge in [0.05, 0.1) is 13.2 Å². The number of aryl methyl sites for hydroxylation is 1. The van der Waals surface area contributed by atoms with E-state index in [-0.39, 0.29) is 0 Å². The molecule has 1 saturated heterocycles. The van der Waals surface area contributed by atoms with Crippen molar-refractivity contribution in [3.63, 3.8) is 0 Å². The van der Waals surface area contributed by atoms with Crippen LogP contribution in [0.4, 0.5) is 5.69 Å². The molecule has 0 aliphatic carbocycles. The minimum absolute atomic E-state index is 0.627. The van der Waals surface area contributed by atoms with Crippen molar-refractivity contribution in [2.45, 2.75) is 20.0 Å². The summed E-state index contributed by atoms with van der Waals surface area (Å²) >= 11 is 0. The smallest absolute Gasteiger partial charge is 0.0717 e. The molecule has 2 aromatic rings. The number of rotatable bonds is 5. The van der Waals surface area contributed by atoms with Crippen molar-refractivity contribution in [1.29, 1.82) is 0 Å². The van der Waals surface area contributed by atoms with Gasteiger partial charge >= 0.3 is 0 Å². The first-order valence-corrected chi connectivity index (χ1v) is 7.60. The zero-order chi connectivity index (χ0) is 14.5. The van der Waals surface area contributed by atoms with Crippen molar-refractivity contribution < 1.29 is 4.74 Å². The minimum Gasteiger partial charge on any atom is -0.376 e. The van der Waals surface area contributed by atoms with Gasteiger partial charge in [-0.3, -0.25) is 4.98 Å². The van der Waals surface area contributed by atoms with Gasteiger partial charge in [0.1, 0.15) is 0 Å². The third-order valence-corrected chi connectivity index (χ3v) is 4.00. The van der Waals surface area contributed by atoms with Crippen LogP contribution in [0.15, 0.2) is 48.7 Å². The highest BCUT2D eigenvalue weighted by Gasteiger charge is 2.22. The lowest BCUT2D eigenvalue weighted by molar-refractivity contribution is 0.0929. The van der Waals surface area contributed by atoms with Crippen molar-refractivity contribution in [1.82, 2.24) is 4.98 Å². The summed E-state index contributed by atoms with van der Waals surface area (Å²) in [5, 5.41) is 0. The lowest BCUT2D eigenvalue weighted by atomic mass is 10.1. The van der Waals surface area contributed by atoms with Gasteiger partial charge in [0.25, 0.3) is 0 Å². The largest absolute Gasteiger partial charge is 0.376 e. The standard InChI is InChI=1S/C18H22N2O/c1-15-11-18(7-9-19-15)20-10-8-17(12-20)14-21-13-16-5-3-2-4-6-16/h2-7,9,11,17H,8,10,12-14H2,1H3. The summed E-state index contributed by atoms with van der Waals surface area (Å²) in [5.41, 5.74) is 3.61. The first-order valence-electron chi connectivity index (χ1n) is 7.60. The Morgan fingerprint density at radius 2 is 2.10 bits per heavy atom. The Labute approximate surface area is 126 Å². The number of aromatic nitrogens is 1. The van der Waals surface area contributed by atoms with E-state index in [4.69, 9.17) is 4.74 Å². The maximum Gasteiger partial charge on any atom is 0.0717 e. The molecular formula is C18H22N2O. The number of ether oxygens (including phenoxy) is 1. The zero-order valence-corrected chi connectivity index (χ0v) is 12.5. The normalized spacial score (nSPS) is 18.1. The van der Waals surface area contributed by atoms with Crippen LogP contribution in [-0.2, 0) is 11.3 Å². The van der Waals surface area contributed by atoms with Gasteiger partial charge in [0.15, 0.2) is 0 Å². The Kier molecular flexibility index (Phi) is 4.51. The van der Waals surface area contributed by atoms with Gasteiger partial charge in [-0.05, 0) is 31.0 Å². The quantitative estimate of drug-likeness (QED) is 0.840. The fourth-order valence-electron chi connectivity index (χ4n) is 2.85. The molecule has 1 atom stereocenters. The molecule has 1 aliphatic heterocycles. The third kappa shape index (κ3) is 3.82. The number of pyridine rings is 1. The van der Waals surface area contributed by atoms with Gasteiger partial charge in [-0.1, -0.05) is 30.3 Å². The highest BCUT2D eigenvalue weighted by molar-refractivity contribution is 5.47. The predicted octanol–water partition coefficient (Wildman–Crippen LogP) is 3.43. The molecule has 1 aromatic carbocycles. The first-order chi connectivity index (χ1) is 10.3. The number of nitrogens with zero attached hydrogens (tertiary/aromatic N) is 2. The monoisotopic (exact) mass is 282 g/mol. The summed E-state index contributed by atoms with van der Waals surface area (Å²) in [6, 6.07) is 14.6. The Morgan fingerprint density at radius 1 is 1.24 bits per heavy atom. The third-order valence-electron chi connectivity index (χ3n) is 4.00. The van der Waals surface area contributed by atoms with Crippen LogP contribution in [0.1, 0.15) is 17.7 Å². The Balaban J connectivity index is 1.47. The molecule has 0 saturated carbocycles. The predicted molar refractivity (Wildman–Crippen MR) is 85.4 cm³/mol. The van der Waals surface area contributed by atoms with Crippen LogP contribution in [0.3, 0.4) is 0 Å². The molecule has 3 heteroatoms. The second-order valence-electron chi connectivity index (χ2n) is 5.76. The van der Waals surface area contributed by atoms with Crippen molar-refractivity contribution >= 4 is 5.69 Å². The highest BCUT2D eigenvalue weighted by atomic mass is 16.5. The molecule has 1 aliphatic rings. The molecule has 1 fully saturated rings. The van der Waals surface area contributed by atoms with Crippen LogP contribution in [-0.4, -0.2) is 24.7 Å². The lowest BCUT2D eigenvalue weighted by Gasteiger charge is -2.19. The van der Waals surface area contributed by atoms with Crippen molar-refractivity contribution in [3.8, 4) is 0 Å². The number of hydrogen-bond donors (Lipinski definition) is 0. The van der Waals surface area contributed by atoms with Crippen LogP contribution in [0, 0.1) is 12.8 Å². The van der Waals surface area contributed by atoms with Gasteiger partial charge in [-0.15, -0.1) is 0 Å². The molecule has 2 heterocycles. The summed E-state index contributed by atoms with van der Waals surface area (Å²) in [7, 11) is 0. The molecule has 0 N–H and O–H groups in total. The van der Waals surface area contributed by atoms with E-state index >= 15 is 0 Å². The molecule has 0 spiro atoms. The van der Waals surface area contributed by atoms with E-state index in [9.17, 15) is 0 Å². The maximum absolute atomic E-state index is 5.87. The SMILES string of the molecule is Cc1cc(N2CCC(COCc3ccccc3)C2)ccn1. The van der Waals surface area contributed by atoms with E-state index in [1.54, 1.807) is 0 Å². The second-order valence-corrected chi connectivity index (χ2v) is 5.76. The Hall–Kier alpha value is -1.87. The average Bonchev–Trinajstić information content (AvgIpc) is 2.97. The Bertz CT molecular complexity index is 570. The van der Waals surface area contributed by atoms with Gasteiger partial charge in [-0.25, -0.2) is 0 Å².